The molecule has 0 radical (unpaired) electrons. The maximum atomic E-state index is 12.8. The number of ether oxygens (including phenoxy) is 2. The van der Waals surface area contributed by atoms with Crippen LogP contribution in [0.4, 0.5) is 5.69 Å². The molecule has 8 nitrogen and oxygen atoms in total. The zero-order valence-corrected chi connectivity index (χ0v) is 20.2. The molecule has 1 amide bonds. The van der Waals surface area contributed by atoms with Crippen LogP contribution in [0.15, 0.2) is 65.6 Å². The second kappa shape index (κ2) is 11.1. The lowest BCUT2D eigenvalue weighted by molar-refractivity contribution is -0.149. The Morgan fingerprint density at radius 1 is 0.941 bits per heavy atom. The zero-order valence-electron chi connectivity index (χ0n) is 19.4. The summed E-state index contributed by atoms with van der Waals surface area (Å²) < 4.78 is 37.4. The largest absolute Gasteiger partial charge is 0.481 e. The van der Waals surface area contributed by atoms with E-state index in [0.29, 0.717) is 30.1 Å². The van der Waals surface area contributed by atoms with Crippen LogP contribution in [0.2, 0.25) is 0 Å². The Morgan fingerprint density at radius 3 is 2.38 bits per heavy atom. The molecule has 0 atom stereocenters. The van der Waals surface area contributed by atoms with Crippen LogP contribution in [0.5, 0.6) is 5.75 Å². The normalized spacial score (nSPS) is 11.4. The molecular formula is C25H28N2O6S. The molecule has 0 aliphatic carbocycles. The highest BCUT2D eigenvalue weighted by Gasteiger charge is 2.22. The molecule has 9 heteroatoms. The van der Waals surface area contributed by atoms with Crippen molar-refractivity contribution in [1.82, 2.24) is 4.31 Å². The average Bonchev–Trinajstić information content (AvgIpc) is 2.83. The van der Waals surface area contributed by atoms with Crippen molar-refractivity contribution in [2.45, 2.75) is 25.7 Å². The van der Waals surface area contributed by atoms with Gasteiger partial charge in [-0.25, -0.2) is 13.2 Å². The minimum Gasteiger partial charge on any atom is -0.481 e. The van der Waals surface area contributed by atoms with Crippen LogP contribution in [0.1, 0.15) is 19.4 Å². The first-order valence-corrected chi connectivity index (χ1v) is 12.4. The number of carbonyl (C=O) groups is 2. The van der Waals surface area contributed by atoms with Gasteiger partial charge in [-0.3, -0.25) is 4.79 Å². The lowest BCUT2D eigenvalue weighted by Gasteiger charge is -2.19. The Kier molecular flexibility index (Phi) is 8.25. The number of amides is 1. The van der Waals surface area contributed by atoms with E-state index in [1.165, 1.54) is 16.4 Å². The summed E-state index contributed by atoms with van der Waals surface area (Å²) in [6.45, 7) is 5.07. The van der Waals surface area contributed by atoms with Gasteiger partial charge in [0.15, 0.2) is 13.2 Å². The highest BCUT2D eigenvalue weighted by Crippen LogP contribution is 2.25. The molecule has 3 rings (SSSR count). The van der Waals surface area contributed by atoms with E-state index < -0.39 is 28.5 Å². The number of hydrogen-bond acceptors (Lipinski definition) is 6. The molecule has 0 unspecified atom stereocenters. The number of hydrogen-bond donors (Lipinski definition) is 1. The van der Waals surface area contributed by atoms with E-state index >= 15 is 0 Å². The van der Waals surface area contributed by atoms with Crippen molar-refractivity contribution in [3.63, 3.8) is 0 Å². The van der Waals surface area contributed by atoms with Crippen molar-refractivity contribution in [1.29, 1.82) is 0 Å². The van der Waals surface area contributed by atoms with Crippen LogP contribution < -0.4 is 10.1 Å². The lowest BCUT2D eigenvalue weighted by atomic mass is 10.1. The summed E-state index contributed by atoms with van der Waals surface area (Å²) >= 11 is 0. The molecule has 0 bridgehead atoms. The maximum absolute atomic E-state index is 12.8. The number of nitrogens with zero attached hydrogens (tertiary/aromatic N) is 1. The Balaban J connectivity index is 1.58. The molecule has 34 heavy (non-hydrogen) atoms. The Bertz CT molecular complexity index is 1280. The second-order valence-corrected chi connectivity index (χ2v) is 9.48. The summed E-state index contributed by atoms with van der Waals surface area (Å²) in [5.74, 6) is -0.738. The molecule has 180 valence electrons. The molecule has 0 aliphatic rings. The number of benzene rings is 3. The van der Waals surface area contributed by atoms with Gasteiger partial charge in [0.1, 0.15) is 5.75 Å². The van der Waals surface area contributed by atoms with Gasteiger partial charge in [-0.15, -0.1) is 0 Å². The third-order valence-corrected chi connectivity index (χ3v) is 7.33. The van der Waals surface area contributed by atoms with Gasteiger partial charge in [0, 0.05) is 24.2 Å². The molecule has 0 aliphatic heterocycles. The van der Waals surface area contributed by atoms with Gasteiger partial charge in [-0.1, -0.05) is 56.3 Å². The number of rotatable bonds is 10. The van der Waals surface area contributed by atoms with Crippen LogP contribution in [0.25, 0.3) is 10.8 Å². The first kappa shape index (κ1) is 25.2. The maximum Gasteiger partial charge on any atom is 0.344 e. The van der Waals surface area contributed by atoms with Crippen LogP contribution in [0, 0.1) is 6.92 Å². The van der Waals surface area contributed by atoms with Gasteiger partial charge >= 0.3 is 5.97 Å². The van der Waals surface area contributed by atoms with E-state index in [1.807, 2.05) is 36.4 Å². The van der Waals surface area contributed by atoms with Crippen LogP contribution >= 0.6 is 0 Å². The van der Waals surface area contributed by atoms with Gasteiger partial charge < -0.3 is 14.8 Å². The van der Waals surface area contributed by atoms with Crippen molar-refractivity contribution in [3.05, 3.63) is 66.2 Å². The summed E-state index contributed by atoms with van der Waals surface area (Å²) in [7, 11) is -3.67. The molecule has 3 aromatic carbocycles. The van der Waals surface area contributed by atoms with Gasteiger partial charge in [-0.2, -0.15) is 4.31 Å². The van der Waals surface area contributed by atoms with E-state index in [2.05, 4.69) is 5.32 Å². The zero-order chi connectivity index (χ0) is 24.7. The monoisotopic (exact) mass is 484 g/mol. The number of aryl methyl sites for hydroxylation is 1. The third-order valence-electron chi connectivity index (χ3n) is 5.29. The quantitative estimate of drug-likeness (QED) is 0.440. The molecule has 0 spiro atoms. The molecule has 0 heterocycles. The average molecular weight is 485 g/mol. The molecule has 0 saturated heterocycles. The predicted molar refractivity (Wildman–Crippen MR) is 130 cm³/mol. The molecule has 0 fully saturated rings. The van der Waals surface area contributed by atoms with Crippen molar-refractivity contribution in [3.8, 4) is 5.75 Å². The van der Waals surface area contributed by atoms with E-state index in [9.17, 15) is 18.0 Å². The van der Waals surface area contributed by atoms with Gasteiger partial charge in [0.25, 0.3) is 5.91 Å². The first-order valence-electron chi connectivity index (χ1n) is 10.9. The lowest BCUT2D eigenvalue weighted by Crippen LogP contribution is -2.30. The van der Waals surface area contributed by atoms with E-state index in [-0.39, 0.29) is 11.5 Å². The molecule has 0 saturated carbocycles. The van der Waals surface area contributed by atoms with E-state index in [4.69, 9.17) is 9.47 Å². The minimum absolute atomic E-state index is 0.0811. The highest BCUT2D eigenvalue weighted by atomic mass is 32.2. The summed E-state index contributed by atoms with van der Waals surface area (Å²) in [6, 6.07) is 17.7. The highest BCUT2D eigenvalue weighted by molar-refractivity contribution is 7.89. The topological polar surface area (TPSA) is 102 Å². The minimum atomic E-state index is -3.67. The Hall–Kier alpha value is -3.43. The first-order chi connectivity index (χ1) is 16.3. The Labute approximate surface area is 199 Å². The van der Waals surface area contributed by atoms with Gasteiger partial charge in [0.2, 0.25) is 10.0 Å². The molecular weight excluding hydrogens is 456 g/mol. The van der Waals surface area contributed by atoms with E-state index in [1.54, 1.807) is 32.9 Å². The SMILES string of the molecule is CCN(CC)S(=O)(=O)c1ccc(C)c(NC(=O)COC(=O)COc2cccc3ccccc23)c1. The predicted octanol–water partition coefficient (Wildman–Crippen LogP) is 3.74. The fourth-order valence-corrected chi connectivity index (χ4v) is 4.93. The summed E-state index contributed by atoms with van der Waals surface area (Å²) in [5, 5.41) is 4.46. The second-order valence-electron chi connectivity index (χ2n) is 7.54. The molecule has 3 aromatic rings. The Morgan fingerprint density at radius 2 is 1.65 bits per heavy atom. The number of sulfonamides is 1. The van der Waals surface area contributed by atoms with Gasteiger partial charge in [0.05, 0.1) is 4.90 Å². The van der Waals surface area contributed by atoms with Crippen molar-refractivity contribution in [2.24, 2.45) is 0 Å². The number of fused-ring (bicyclic) bond motifs is 1. The smallest absolute Gasteiger partial charge is 0.344 e. The number of esters is 1. The summed E-state index contributed by atoms with van der Waals surface area (Å²) in [5.41, 5.74) is 1.01. The van der Waals surface area contributed by atoms with Gasteiger partial charge in [-0.05, 0) is 36.1 Å². The summed E-state index contributed by atoms with van der Waals surface area (Å²) in [6.07, 6.45) is 0. The number of anilines is 1. The van der Waals surface area contributed by atoms with E-state index in [0.717, 1.165) is 10.8 Å². The van der Waals surface area contributed by atoms with Crippen molar-refractivity contribution >= 4 is 38.4 Å². The fourth-order valence-electron chi connectivity index (χ4n) is 3.44. The van der Waals surface area contributed by atoms with Crippen LogP contribution in [-0.4, -0.2) is 50.9 Å². The number of nitrogens with one attached hydrogen (secondary N) is 1. The fraction of sp³-hybridized carbons (Fsp3) is 0.280. The standard InChI is InChI=1S/C25H28N2O6S/c1-4-27(5-2)34(30,31)20-14-13-18(3)22(15-20)26-24(28)16-33-25(29)17-32-23-12-8-10-19-9-6-7-11-21(19)23/h6-15H,4-5,16-17H2,1-3H3,(H,26,28). The van der Waals surface area contributed by atoms with Crippen molar-refractivity contribution in [2.75, 3.05) is 31.6 Å². The third kappa shape index (κ3) is 5.92. The number of carbonyl (C=O) groups excluding carboxylic acids is 2. The summed E-state index contributed by atoms with van der Waals surface area (Å²) in [4.78, 5) is 24.5. The van der Waals surface area contributed by atoms with Crippen molar-refractivity contribution < 1.29 is 27.5 Å². The van der Waals surface area contributed by atoms with Crippen LogP contribution in [0.3, 0.4) is 0 Å². The molecule has 0 aromatic heterocycles. The van der Waals surface area contributed by atoms with Crippen LogP contribution in [-0.2, 0) is 24.3 Å². The molecule has 1 N–H and O–H groups in total.